The second-order valence-electron chi connectivity index (χ2n) is 8.25. The molecular formula is C29H22N4O2. The summed E-state index contributed by atoms with van der Waals surface area (Å²) in [7, 11) is 0. The monoisotopic (exact) mass is 458 g/mol. The summed E-state index contributed by atoms with van der Waals surface area (Å²) in [4.78, 5) is 22.5. The number of hydrogen-bond donors (Lipinski definition) is 2. The van der Waals surface area contributed by atoms with Gasteiger partial charge in [-0.15, -0.1) is 0 Å². The van der Waals surface area contributed by atoms with E-state index in [1.807, 2.05) is 61.5 Å². The number of nitrogens with one attached hydrogen (secondary N) is 2. The van der Waals surface area contributed by atoms with Crippen LogP contribution in [0.1, 0.15) is 6.92 Å². The minimum absolute atomic E-state index is 0.335. The van der Waals surface area contributed by atoms with E-state index in [4.69, 9.17) is 14.7 Å². The van der Waals surface area contributed by atoms with Crippen LogP contribution in [0.25, 0.3) is 43.6 Å². The van der Waals surface area contributed by atoms with Gasteiger partial charge in [-0.05, 0) is 60.2 Å². The van der Waals surface area contributed by atoms with E-state index < -0.39 is 0 Å². The summed E-state index contributed by atoms with van der Waals surface area (Å²) in [5.74, 6) is 0.763. The summed E-state index contributed by atoms with van der Waals surface area (Å²) >= 11 is 0. The quantitative estimate of drug-likeness (QED) is 0.218. The number of hydrogen-bond acceptors (Lipinski definition) is 4. The number of benzene rings is 5. The van der Waals surface area contributed by atoms with E-state index in [0.29, 0.717) is 18.0 Å². The molecule has 6 aromatic rings. The summed E-state index contributed by atoms with van der Waals surface area (Å²) in [6.07, 6.45) is 0. The molecular weight excluding hydrogens is 436 g/mol. The Morgan fingerprint density at radius 3 is 1.86 bits per heavy atom. The maximum atomic E-state index is 12.6. The first-order valence-electron chi connectivity index (χ1n) is 11.5. The Kier molecular flexibility index (Phi) is 5.11. The summed E-state index contributed by atoms with van der Waals surface area (Å²) in [6.45, 7) is 2.53. The van der Waals surface area contributed by atoms with E-state index in [-0.39, 0.29) is 6.03 Å². The molecule has 0 saturated heterocycles. The highest BCUT2D eigenvalue weighted by molar-refractivity contribution is 6.23. The van der Waals surface area contributed by atoms with Gasteiger partial charge in [-0.25, -0.2) is 14.8 Å². The van der Waals surface area contributed by atoms with Crippen LogP contribution in [-0.2, 0) is 0 Å². The van der Waals surface area contributed by atoms with Crippen molar-refractivity contribution < 1.29 is 9.53 Å². The summed E-state index contributed by atoms with van der Waals surface area (Å²) in [5.41, 5.74) is 4.53. The number of anilines is 2. The van der Waals surface area contributed by atoms with E-state index in [0.717, 1.165) is 49.4 Å². The van der Waals surface area contributed by atoms with Gasteiger partial charge in [0.15, 0.2) is 0 Å². The van der Waals surface area contributed by atoms with Crippen molar-refractivity contribution in [2.75, 3.05) is 17.2 Å². The fraction of sp³-hybridized carbons (Fsp3) is 0.0690. The molecule has 0 aliphatic rings. The molecule has 35 heavy (non-hydrogen) atoms. The third-order valence-electron chi connectivity index (χ3n) is 6.00. The molecule has 6 heteroatoms. The van der Waals surface area contributed by atoms with E-state index >= 15 is 0 Å². The molecule has 0 saturated carbocycles. The first-order valence-corrected chi connectivity index (χ1v) is 11.5. The molecule has 0 unspecified atom stereocenters. The zero-order valence-electron chi connectivity index (χ0n) is 19.1. The summed E-state index contributed by atoms with van der Waals surface area (Å²) < 4.78 is 5.44. The molecule has 2 amide bonds. The number of carbonyl (C=O) groups excluding carboxylic acids is 1. The van der Waals surface area contributed by atoms with Gasteiger partial charge in [0.2, 0.25) is 0 Å². The van der Waals surface area contributed by atoms with Gasteiger partial charge in [0.05, 0.1) is 28.7 Å². The number of carbonyl (C=O) groups is 1. The number of amides is 2. The third-order valence-corrected chi connectivity index (χ3v) is 6.00. The zero-order chi connectivity index (χ0) is 23.8. The lowest BCUT2D eigenvalue weighted by atomic mass is 9.99. The van der Waals surface area contributed by atoms with E-state index in [2.05, 4.69) is 34.9 Å². The number of aromatic nitrogens is 2. The van der Waals surface area contributed by atoms with E-state index in [1.165, 1.54) is 0 Å². The van der Waals surface area contributed by atoms with Gasteiger partial charge in [0.1, 0.15) is 5.75 Å². The van der Waals surface area contributed by atoms with Gasteiger partial charge in [0, 0.05) is 22.1 Å². The lowest BCUT2D eigenvalue weighted by Gasteiger charge is -2.11. The van der Waals surface area contributed by atoms with Crippen LogP contribution in [0.2, 0.25) is 0 Å². The maximum Gasteiger partial charge on any atom is 0.323 e. The Morgan fingerprint density at radius 1 is 0.686 bits per heavy atom. The second-order valence-corrected chi connectivity index (χ2v) is 8.25. The molecule has 0 spiro atoms. The maximum absolute atomic E-state index is 12.6. The molecule has 170 valence electrons. The van der Waals surface area contributed by atoms with E-state index in [9.17, 15) is 4.79 Å². The van der Waals surface area contributed by atoms with Crippen molar-refractivity contribution in [1.82, 2.24) is 9.97 Å². The molecule has 0 aliphatic carbocycles. The molecule has 1 aromatic heterocycles. The first kappa shape index (κ1) is 20.9. The Morgan fingerprint density at radius 2 is 1.23 bits per heavy atom. The number of ether oxygens (including phenoxy) is 1. The lowest BCUT2D eigenvalue weighted by Crippen LogP contribution is -2.19. The topological polar surface area (TPSA) is 76.1 Å². The number of fused-ring (bicyclic) bond motifs is 7. The Labute approximate surface area is 201 Å². The molecule has 0 aliphatic heterocycles. The highest BCUT2D eigenvalue weighted by Crippen LogP contribution is 2.34. The zero-order valence-corrected chi connectivity index (χ0v) is 19.1. The van der Waals surface area contributed by atoms with Gasteiger partial charge in [-0.1, -0.05) is 48.5 Å². The predicted molar refractivity (Wildman–Crippen MR) is 142 cm³/mol. The highest BCUT2D eigenvalue weighted by atomic mass is 16.5. The minimum Gasteiger partial charge on any atom is -0.494 e. The van der Waals surface area contributed by atoms with Crippen LogP contribution >= 0.6 is 0 Å². The largest absolute Gasteiger partial charge is 0.494 e. The standard InChI is InChI=1S/C29H22N4O2/c1-2-35-20-14-11-18(12-15-20)30-29(34)31-19-13-16-25-26(17-19)33-28-24-10-6-4-8-22(24)21-7-3-5-9-23(21)27(28)32-25/h3-17H,2H2,1H3,(H2,30,31,34). The minimum atomic E-state index is -0.335. The molecule has 0 fully saturated rings. The van der Waals surface area contributed by atoms with Crippen LogP contribution in [-0.4, -0.2) is 22.6 Å². The smallest absolute Gasteiger partial charge is 0.323 e. The van der Waals surface area contributed by atoms with Crippen molar-refractivity contribution in [2.24, 2.45) is 0 Å². The summed E-state index contributed by atoms with van der Waals surface area (Å²) in [5, 5.41) is 10.2. The van der Waals surface area contributed by atoms with E-state index in [1.54, 1.807) is 12.1 Å². The highest BCUT2D eigenvalue weighted by Gasteiger charge is 2.12. The molecule has 2 N–H and O–H groups in total. The number of rotatable bonds is 4. The normalized spacial score (nSPS) is 11.2. The fourth-order valence-electron chi connectivity index (χ4n) is 4.45. The van der Waals surface area contributed by atoms with Crippen molar-refractivity contribution in [3.63, 3.8) is 0 Å². The lowest BCUT2D eigenvalue weighted by molar-refractivity contribution is 0.262. The van der Waals surface area contributed by atoms with Crippen molar-refractivity contribution in [3.8, 4) is 5.75 Å². The molecule has 0 atom stereocenters. The van der Waals surface area contributed by atoms with Crippen molar-refractivity contribution in [1.29, 1.82) is 0 Å². The molecule has 6 nitrogen and oxygen atoms in total. The molecule has 1 heterocycles. The van der Waals surface area contributed by atoms with Gasteiger partial charge in [-0.2, -0.15) is 0 Å². The predicted octanol–water partition coefficient (Wildman–Crippen LogP) is 7.13. The van der Waals surface area contributed by atoms with Crippen molar-refractivity contribution >= 4 is 61.0 Å². The van der Waals surface area contributed by atoms with Crippen LogP contribution in [0.5, 0.6) is 5.75 Å². The van der Waals surface area contributed by atoms with Crippen LogP contribution < -0.4 is 15.4 Å². The van der Waals surface area contributed by atoms with Gasteiger partial charge < -0.3 is 15.4 Å². The van der Waals surface area contributed by atoms with Crippen LogP contribution in [0.4, 0.5) is 16.2 Å². The van der Waals surface area contributed by atoms with Gasteiger partial charge >= 0.3 is 6.03 Å². The fourth-order valence-corrected chi connectivity index (χ4v) is 4.45. The number of nitrogens with zero attached hydrogens (tertiary/aromatic N) is 2. The SMILES string of the molecule is CCOc1ccc(NC(=O)Nc2ccc3nc4c5ccccc5c5ccccc5c4nc3c2)cc1. The average Bonchev–Trinajstić information content (AvgIpc) is 2.89. The van der Waals surface area contributed by atoms with Crippen molar-refractivity contribution in [2.45, 2.75) is 6.92 Å². The summed E-state index contributed by atoms with van der Waals surface area (Å²) in [6, 6.07) is 29.0. The van der Waals surface area contributed by atoms with Gasteiger partial charge in [-0.3, -0.25) is 0 Å². The number of urea groups is 1. The average molecular weight is 459 g/mol. The molecule has 5 aromatic carbocycles. The van der Waals surface area contributed by atoms with Gasteiger partial charge in [0.25, 0.3) is 0 Å². The van der Waals surface area contributed by atoms with Crippen LogP contribution in [0.15, 0.2) is 91.0 Å². The van der Waals surface area contributed by atoms with Crippen molar-refractivity contribution in [3.05, 3.63) is 91.0 Å². The first-order chi connectivity index (χ1) is 17.2. The Bertz CT molecular complexity index is 1730. The molecule has 6 rings (SSSR count). The third kappa shape index (κ3) is 3.85. The van der Waals surface area contributed by atoms with Crippen LogP contribution in [0.3, 0.4) is 0 Å². The molecule has 0 bridgehead atoms. The van der Waals surface area contributed by atoms with Crippen LogP contribution in [0, 0.1) is 0 Å². The second kappa shape index (κ2) is 8.57. The Balaban J connectivity index is 1.36. The molecule has 0 radical (unpaired) electrons. The Hall–Kier alpha value is -4.71.